The van der Waals surface area contributed by atoms with Crippen LogP contribution in [-0.4, -0.2) is 15.5 Å². The maximum absolute atomic E-state index is 3.48. The van der Waals surface area contributed by atoms with Crippen molar-refractivity contribution in [3.05, 3.63) is 0 Å². The number of hydrogen-bond acceptors (Lipinski definition) is 0. The fraction of sp³-hybridized carbons (Fsp3) is 1.00. The molecule has 0 heterocycles. The largest absolute Gasteiger partial charge is 0.130 e. The second-order valence-corrected chi connectivity index (χ2v) is 11.7. The Labute approximate surface area is 174 Å². The minimum Gasteiger partial charge on any atom is -0.130 e. The van der Waals surface area contributed by atoms with Crippen molar-refractivity contribution in [3.63, 3.8) is 0 Å². The van der Waals surface area contributed by atoms with Crippen LogP contribution in [-0.2, 0) is 0 Å². The van der Waals surface area contributed by atoms with E-state index in [4.69, 9.17) is 0 Å². The number of rotatable bonds is 15. The van der Waals surface area contributed by atoms with Crippen LogP contribution >= 0.6 is 27.7 Å². The molecule has 0 bridgehead atoms. The van der Waals surface area contributed by atoms with Crippen molar-refractivity contribution in [3.8, 4) is 0 Å². The summed E-state index contributed by atoms with van der Waals surface area (Å²) in [6, 6.07) is 0. The zero-order chi connectivity index (χ0) is 20.4. The zero-order valence-electron chi connectivity index (χ0n) is 19.2. The van der Waals surface area contributed by atoms with E-state index in [1.807, 2.05) is 0 Å². The van der Waals surface area contributed by atoms with E-state index in [0.29, 0.717) is 10.3 Å². The predicted octanol–water partition coefficient (Wildman–Crippen LogP) is 8.49. The van der Waals surface area contributed by atoms with Gasteiger partial charge in [-0.15, -0.1) is 27.7 Å². The summed E-state index contributed by atoms with van der Waals surface area (Å²) in [6.45, 7) is 16.8. The standard InChI is InChI=1S/C23H51P3/c1-8-15-19(12-5)21(24,17-10-3)23(26,14-7)22(25,18-11-4)20(13-6)16-9-2/h19-20H,8-18,24-26H2,1-7H3. The number of hydrogen-bond donors (Lipinski definition) is 0. The van der Waals surface area contributed by atoms with Crippen LogP contribution in [0.4, 0.5) is 0 Å². The fourth-order valence-electron chi connectivity index (χ4n) is 5.85. The first-order valence-corrected chi connectivity index (χ1v) is 13.3. The first-order valence-electron chi connectivity index (χ1n) is 11.6. The molecule has 158 valence electrons. The van der Waals surface area contributed by atoms with Crippen molar-refractivity contribution in [2.45, 2.75) is 135 Å². The summed E-state index contributed by atoms with van der Waals surface area (Å²) in [6.07, 6.45) is 14.3. The molecule has 0 nitrogen and oxygen atoms in total. The minimum absolute atomic E-state index is 0.243. The Kier molecular flexibility index (Phi) is 13.4. The Balaban J connectivity index is 6.44. The first kappa shape index (κ1) is 27.3. The SMILES string of the molecule is CCCC(CC)C(P)(CCC)C(P)(CC)C(P)(CCC)C(CC)CCC. The summed E-state index contributed by atoms with van der Waals surface area (Å²) in [7, 11) is 10.4. The lowest BCUT2D eigenvalue weighted by molar-refractivity contribution is 0.159. The molecule has 0 spiro atoms. The molecule has 0 aromatic carbocycles. The molecular weight excluding hydrogens is 369 g/mol. The highest BCUT2D eigenvalue weighted by Gasteiger charge is 2.58. The summed E-state index contributed by atoms with van der Waals surface area (Å²) in [4.78, 5) is 0. The van der Waals surface area contributed by atoms with Gasteiger partial charge in [-0.25, -0.2) is 0 Å². The molecule has 0 N–H and O–H groups in total. The maximum atomic E-state index is 3.48. The van der Waals surface area contributed by atoms with Crippen LogP contribution in [0.2, 0.25) is 0 Å². The van der Waals surface area contributed by atoms with Gasteiger partial charge in [-0.05, 0) is 54.3 Å². The monoisotopic (exact) mass is 420 g/mol. The van der Waals surface area contributed by atoms with Gasteiger partial charge >= 0.3 is 0 Å². The summed E-state index contributed by atoms with van der Waals surface area (Å²) < 4.78 is 0. The van der Waals surface area contributed by atoms with Crippen LogP contribution in [0.3, 0.4) is 0 Å². The van der Waals surface area contributed by atoms with Gasteiger partial charge in [-0.2, -0.15) is 0 Å². The van der Waals surface area contributed by atoms with Crippen molar-refractivity contribution in [2.75, 3.05) is 0 Å². The molecule has 0 amide bonds. The normalized spacial score (nSPS) is 21.5. The van der Waals surface area contributed by atoms with Crippen LogP contribution in [0.25, 0.3) is 0 Å². The Hall–Kier alpha value is 1.29. The third-order valence-electron chi connectivity index (χ3n) is 7.26. The summed E-state index contributed by atoms with van der Waals surface area (Å²) in [5.41, 5.74) is 0. The summed E-state index contributed by atoms with van der Waals surface area (Å²) >= 11 is 0. The zero-order valence-corrected chi connectivity index (χ0v) is 22.6. The summed E-state index contributed by atoms with van der Waals surface area (Å²) in [5, 5.41) is 0.834. The second-order valence-electron chi connectivity index (χ2n) is 8.69. The lowest BCUT2D eigenvalue weighted by Gasteiger charge is -2.62. The van der Waals surface area contributed by atoms with E-state index in [0.717, 1.165) is 11.8 Å². The van der Waals surface area contributed by atoms with Crippen LogP contribution < -0.4 is 0 Å². The van der Waals surface area contributed by atoms with E-state index < -0.39 is 0 Å². The minimum atomic E-state index is 0.243. The Morgan fingerprint density at radius 2 is 0.923 bits per heavy atom. The predicted molar refractivity (Wildman–Crippen MR) is 135 cm³/mol. The third-order valence-corrected chi connectivity index (χ3v) is 12.0. The topological polar surface area (TPSA) is 0 Å². The fourth-order valence-corrected chi connectivity index (χ4v) is 9.11. The van der Waals surface area contributed by atoms with Gasteiger partial charge < -0.3 is 0 Å². The van der Waals surface area contributed by atoms with Crippen molar-refractivity contribution in [2.24, 2.45) is 11.8 Å². The molecular formula is C23H51P3. The van der Waals surface area contributed by atoms with Crippen molar-refractivity contribution >= 4 is 27.7 Å². The van der Waals surface area contributed by atoms with E-state index in [9.17, 15) is 0 Å². The molecule has 0 aromatic heterocycles. The highest BCUT2D eigenvalue weighted by molar-refractivity contribution is 7.28. The van der Waals surface area contributed by atoms with Crippen molar-refractivity contribution < 1.29 is 0 Å². The first-order chi connectivity index (χ1) is 12.2. The van der Waals surface area contributed by atoms with Crippen LogP contribution in [0.5, 0.6) is 0 Å². The van der Waals surface area contributed by atoms with Crippen molar-refractivity contribution in [1.82, 2.24) is 0 Å². The van der Waals surface area contributed by atoms with E-state index in [-0.39, 0.29) is 5.16 Å². The van der Waals surface area contributed by atoms with Gasteiger partial charge in [-0.3, -0.25) is 0 Å². The maximum Gasteiger partial charge on any atom is 0.00331 e. The molecule has 0 radical (unpaired) electrons. The van der Waals surface area contributed by atoms with Gasteiger partial charge in [0.15, 0.2) is 0 Å². The van der Waals surface area contributed by atoms with E-state index in [2.05, 4.69) is 76.2 Å². The molecule has 7 atom stereocenters. The Bertz CT molecular complexity index is 340. The average molecular weight is 421 g/mol. The highest BCUT2D eigenvalue weighted by Crippen LogP contribution is 2.63. The molecule has 0 fully saturated rings. The van der Waals surface area contributed by atoms with E-state index >= 15 is 0 Å². The lowest BCUT2D eigenvalue weighted by Crippen LogP contribution is -2.63. The quantitative estimate of drug-likeness (QED) is 0.233. The van der Waals surface area contributed by atoms with E-state index in [1.54, 1.807) is 0 Å². The lowest BCUT2D eigenvalue weighted by atomic mass is 9.62. The highest BCUT2D eigenvalue weighted by atomic mass is 31.0. The van der Waals surface area contributed by atoms with Gasteiger partial charge in [0, 0.05) is 5.16 Å². The second kappa shape index (κ2) is 12.8. The molecule has 3 heteroatoms. The van der Waals surface area contributed by atoms with Crippen LogP contribution in [0.1, 0.15) is 119 Å². The Morgan fingerprint density at radius 1 is 0.577 bits per heavy atom. The van der Waals surface area contributed by atoms with Gasteiger partial charge in [-0.1, -0.05) is 87.0 Å². The molecule has 0 aliphatic carbocycles. The molecule has 7 unspecified atom stereocenters. The van der Waals surface area contributed by atoms with Crippen LogP contribution in [0.15, 0.2) is 0 Å². The molecule has 0 aliphatic rings. The average Bonchev–Trinajstić information content (AvgIpc) is 2.63. The molecule has 0 saturated carbocycles. The smallest absolute Gasteiger partial charge is 0.00331 e. The molecule has 0 rings (SSSR count). The van der Waals surface area contributed by atoms with Crippen molar-refractivity contribution in [1.29, 1.82) is 0 Å². The van der Waals surface area contributed by atoms with Gasteiger partial charge in [0.1, 0.15) is 0 Å². The van der Waals surface area contributed by atoms with Gasteiger partial charge in [0.05, 0.1) is 0 Å². The molecule has 0 aliphatic heterocycles. The molecule has 26 heavy (non-hydrogen) atoms. The molecule has 0 saturated heterocycles. The van der Waals surface area contributed by atoms with Crippen LogP contribution in [0, 0.1) is 11.8 Å². The Morgan fingerprint density at radius 3 is 1.12 bits per heavy atom. The third kappa shape index (κ3) is 5.46. The van der Waals surface area contributed by atoms with Gasteiger partial charge in [0.25, 0.3) is 0 Å². The van der Waals surface area contributed by atoms with E-state index in [1.165, 1.54) is 70.6 Å². The molecule has 0 aromatic rings. The van der Waals surface area contributed by atoms with Gasteiger partial charge in [0.2, 0.25) is 0 Å². The summed E-state index contributed by atoms with van der Waals surface area (Å²) in [5.74, 6) is 1.57.